The Hall–Kier alpha value is -0.160. The lowest BCUT2D eigenvalue weighted by molar-refractivity contribution is 0.00698. The molecule has 0 radical (unpaired) electrons. The monoisotopic (exact) mass is 201 g/mol. The van der Waals surface area contributed by atoms with Crippen LogP contribution in [0.2, 0.25) is 0 Å². The fraction of sp³-hybridized carbons (Fsp3) is 1.00. The molecule has 0 amide bonds. The number of nitrogens with two attached hydrogens (primary N) is 1. The molecule has 1 fully saturated rings. The zero-order chi connectivity index (χ0) is 10.7. The third kappa shape index (κ3) is 2.67. The van der Waals surface area contributed by atoms with Crippen LogP contribution in [0.1, 0.15) is 13.8 Å². The zero-order valence-corrected chi connectivity index (χ0v) is 9.48. The lowest BCUT2D eigenvalue weighted by Gasteiger charge is -2.43. The van der Waals surface area contributed by atoms with Gasteiger partial charge in [-0.3, -0.25) is 4.90 Å². The van der Waals surface area contributed by atoms with Gasteiger partial charge in [0.2, 0.25) is 0 Å². The molecule has 0 saturated carbocycles. The lowest BCUT2D eigenvalue weighted by Crippen LogP contribution is -2.59. The van der Waals surface area contributed by atoms with Crippen LogP contribution in [-0.4, -0.2) is 66.3 Å². The van der Waals surface area contributed by atoms with E-state index >= 15 is 0 Å². The van der Waals surface area contributed by atoms with Crippen LogP contribution < -0.4 is 5.73 Å². The largest absolute Gasteiger partial charge is 0.392 e. The maximum Gasteiger partial charge on any atom is 0.0664 e. The molecule has 3 unspecified atom stereocenters. The zero-order valence-electron chi connectivity index (χ0n) is 9.48. The fourth-order valence-corrected chi connectivity index (χ4v) is 2.05. The first-order valence-electron chi connectivity index (χ1n) is 5.38. The molecule has 1 saturated heterocycles. The summed E-state index contributed by atoms with van der Waals surface area (Å²) in [5, 5.41) is 9.56. The molecule has 1 aliphatic heterocycles. The van der Waals surface area contributed by atoms with Gasteiger partial charge < -0.3 is 15.7 Å². The standard InChI is InChI=1S/C10H23N3O/c1-8(9(2)14)13-5-4-12(3)7-10(13)6-11/h8-10,14H,4-7,11H2,1-3H3. The van der Waals surface area contributed by atoms with Crippen LogP contribution in [0, 0.1) is 0 Å². The van der Waals surface area contributed by atoms with Gasteiger partial charge in [0.15, 0.2) is 0 Å². The maximum absolute atomic E-state index is 9.56. The number of aliphatic hydroxyl groups is 1. The molecule has 0 spiro atoms. The van der Waals surface area contributed by atoms with Gasteiger partial charge in [0, 0.05) is 38.3 Å². The highest BCUT2D eigenvalue weighted by atomic mass is 16.3. The number of rotatable bonds is 3. The average molecular weight is 201 g/mol. The second kappa shape index (κ2) is 5.07. The van der Waals surface area contributed by atoms with Gasteiger partial charge in [0.1, 0.15) is 0 Å². The molecule has 3 atom stereocenters. The maximum atomic E-state index is 9.56. The second-order valence-electron chi connectivity index (χ2n) is 4.37. The van der Waals surface area contributed by atoms with Crippen molar-refractivity contribution < 1.29 is 5.11 Å². The van der Waals surface area contributed by atoms with Gasteiger partial charge in [-0.15, -0.1) is 0 Å². The molecule has 1 aliphatic rings. The first-order valence-corrected chi connectivity index (χ1v) is 5.38. The molecule has 0 aromatic rings. The van der Waals surface area contributed by atoms with E-state index in [2.05, 4.69) is 23.8 Å². The van der Waals surface area contributed by atoms with Crippen molar-refractivity contribution in [2.75, 3.05) is 33.2 Å². The molecule has 0 aromatic carbocycles. The average Bonchev–Trinajstić information content (AvgIpc) is 2.16. The van der Waals surface area contributed by atoms with Crippen molar-refractivity contribution in [1.82, 2.24) is 9.80 Å². The molecule has 84 valence electrons. The molecular formula is C10H23N3O. The van der Waals surface area contributed by atoms with E-state index in [9.17, 15) is 5.11 Å². The molecule has 4 nitrogen and oxygen atoms in total. The minimum Gasteiger partial charge on any atom is -0.392 e. The Kier molecular flexibility index (Phi) is 4.31. The summed E-state index contributed by atoms with van der Waals surface area (Å²) in [6.07, 6.45) is -0.285. The van der Waals surface area contributed by atoms with Crippen LogP contribution >= 0.6 is 0 Å². The molecular weight excluding hydrogens is 178 g/mol. The molecule has 1 rings (SSSR count). The van der Waals surface area contributed by atoms with E-state index in [1.54, 1.807) is 0 Å². The predicted molar refractivity (Wildman–Crippen MR) is 58.2 cm³/mol. The normalized spacial score (nSPS) is 30.2. The summed E-state index contributed by atoms with van der Waals surface area (Å²) < 4.78 is 0. The highest BCUT2D eigenvalue weighted by Crippen LogP contribution is 2.13. The number of hydrogen-bond acceptors (Lipinski definition) is 4. The third-order valence-corrected chi connectivity index (χ3v) is 3.22. The Morgan fingerprint density at radius 3 is 2.57 bits per heavy atom. The Balaban J connectivity index is 2.58. The van der Waals surface area contributed by atoms with Crippen LogP contribution in [0.5, 0.6) is 0 Å². The summed E-state index contributed by atoms with van der Waals surface area (Å²) in [5.74, 6) is 0. The highest BCUT2D eigenvalue weighted by molar-refractivity contribution is 4.86. The van der Waals surface area contributed by atoms with E-state index < -0.39 is 0 Å². The smallest absolute Gasteiger partial charge is 0.0664 e. The van der Waals surface area contributed by atoms with Gasteiger partial charge in [0.05, 0.1) is 6.10 Å². The van der Waals surface area contributed by atoms with Gasteiger partial charge in [0.25, 0.3) is 0 Å². The SMILES string of the molecule is CC(O)C(C)N1CCN(C)CC1CN. The molecule has 14 heavy (non-hydrogen) atoms. The van der Waals surface area contributed by atoms with Crippen LogP contribution in [0.25, 0.3) is 0 Å². The van der Waals surface area contributed by atoms with Crippen LogP contribution in [-0.2, 0) is 0 Å². The van der Waals surface area contributed by atoms with Gasteiger partial charge in [-0.1, -0.05) is 0 Å². The number of piperazine rings is 1. The Morgan fingerprint density at radius 1 is 1.43 bits per heavy atom. The Labute approximate surface area is 86.7 Å². The molecule has 1 heterocycles. The number of likely N-dealkylation sites (N-methyl/N-ethyl adjacent to an activating group) is 1. The number of hydrogen-bond donors (Lipinski definition) is 2. The molecule has 0 aliphatic carbocycles. The van der Waals surface area contributed by atoms with Crippen molar-refractivity contribution in [3.05, 3.63) is 0 Å². The lowest BCUT2D eigenvalue weighted by atomic mass is 10.1. The summed E-state index contributed by atoms with van der Waals surface area (Å²) in [4.78, 5) is 4.62. The van der Waals surface area contributed by atoms with Crippen LogP contribution in [0.4, 0.5) is 0 Å². The van der Waals surface area contributed by atoms with E-state index in [4.69, 9.17) is 5.73 Å². The van der Waals surface area contributed by atoms with E-state index in [-0.39, 0.29) is 12.1 Å². The molecule has 3 N–H and O–H groups in total. The summed E-state index contributed by atoms with van der Waals surface area (Å²) >= 11 is 0. The summed E-state index contributed by atoms with van der Waals surface area (Å²) in [7, 11) is 2.12. The van der Waals surface area contributed by atoms with Gasteiger partial charge in [-0.2, -0.15) is 0 Å². The minimum atomic E-state index is -0.285. The summed E-state index contributed by atoms with van der Waals surface area (Å²) in [6.45, 7) is 7.65. The van der Waals surface area contributed by atoms with Crippen LogP contribution in [0.15, 0.2) is 0 Å². The second-order valence-corrected chi connectivity index (χ2v) is 4.37. The predicted octanol–water partition coefficient (Wildman–Crippen LogP) is -0.670. The van der Waals surface area contributed by atoms with Crippen molar-refractivity contribution in [1.29, 1.82) is 0 Å². The van der Waals surface area contributed by atoms with E-state index in [0.717, 1.165) is 19.6 Å². The molecule has 4 heteroatoms. The first kappa shape index (κ1) is 11.9. The van der Waals surface area contributed by atoms with Gasteiger partial charge >= 0.3 is 0 Å². The van der Waals surface area contributed by atoms with Gasteiger partial charge in [-0.05, 0) is 20.9 Å². The Morgan fingerprint density at radius 2 is 2.07 bits per heavy atom. The van der Waals surface area contributed by atoms with Crippen molar-refractivity contribution >= 4 is 0 Å². The quantitative estimate of drug-likeness (QED) is 0.636. The highest BCUT2D eigenvalue weighted by Gasteiger charge is 2.29. The molecule has 0 bridgehead atoms. The summed E-state index contributed by atoms with van der Waals surface area (Å²) in [5.41, 5.74) is 5.74. The van der Waals surface area contributed by atoms with Crippen molar-refractivity contribution in [3.63, 3.8) is 0 Å². The topological polar surface area (TPSA) is 52.7 Å². The van der Waals surface area contributed by atoms with Crippen molar-refractivity contribution in [2.45, 2.75) is 32.0 Å². The van der Waals surface area contributed by atoms with E-state index in [0.29, 0.717) is 12.6 Å². The fourth-order valence-electron chi connectivity index (χ4n) is 2.05. The minimum absolute atomic E-state index is 0.206. The van der Waals surface area contributed by atoms with E-state index in [1.165, 1.54) is 0 Å². The van der Waals surface area contributed by atoms with Crippen molar-refractivity contribution in [2.24, 2.45) is 5.73 Å². The number of aliphatic hydroxyl groups excluding tert-OH is 1. The van der Waals surface area contributed by atoms with Gasteiger partial charge in [-0.25, -0.2) is 0 Å². The Bertz CT molecular complexity index is 175. The third-order valence-electron chi connectivity index (χ3n) is 3.22. The first-order chi connectivity index (χ1) is 6.56. The summed E-state index contributed by atoms with van der Waals surface area (Å²) in [6, 6.07) is 0.593. The van der Waals surface area contributed by atoms with E-state index in [1.807, 2.05) is 6.92 Å². The van der Waals surface area contributed by atoms with Crippen LogP contribution in [0.3, 0.4) is 0 Å². The molecule has 0 aromatic heterocycles. The number of nitrogens with zero attached hydrogens (tertiary/aromatic N) is 2. The van der Waals surface area contributed by atoms with Crippen molar-refractivity contribution in [3.8, 4) is 0 Å².